The van der Waals surface area contributed by atoms with E-state index in [4.69, 9.17) is 11.6 Å². The molecule has 2 amide bonds. The summed E-state index contributed by atoms with van der Waals surface area (Å²) < 4.78 is 65.4. The maximum atomic E-state index is 13.5. The van der Waals surface area contributed by atoms with Crippen LogP contribution in [0.15, 0.2) is 48.5 Å². The Balaban J connectivity index is 2.49. The Morgan fingerprint density at radius 2 is 1.75 bits per heavy atom. The fourth-order valence-electron chi connectivity index (χ4n) is 3.55. The van der Waals surface area contributed by atoms with Crippen molar-refractivity contribution in [2.75, 3.05) is 23.7 Å². The van der Waals surface area contributed by atoms with Crippen molar-refractivity contribution >= 4 is 39.1 Å². The molecule has 1 unspecified atom stereocenters. The van der Waals surface area contributed by atoms with E-state index < -0.39 is 46.2 Å². The molecule has 2 aromatic rings. The fourth-order valence-corrected chi connectivity index (χ4v) is 4.58. The molecule has 0 aliphatic heterocycles. The predicted molar refractivity (Wildman–Crippen MR) is 133 cm³/mol. The van der Waals surface area contributed by atoms with Gasteiger partial charge >= 0.3 is 6.18 Å². The average molecular weight is 548 g/mol. The maximum Gasteiger partial charge on any atom is 0.416 e. The van der Waals surface area contributed by atoms with E-state index in [1.54, 1.807) is 31.2 Å². The molecule has 198 valence electrons. The van der Waals surface area contributed by atoms with Gasteiger partial charge in [0.1, 0.15) is 12.6 Å². The summed E-state index contributed by atoms with van der Waals surface area (Å²) in [6.45, 7) is 3.04. The Hall–Kier alpha value is -2.79. The zero-order chi connectivity index (χ0) is 27.1. The van der Waals surface area contributed by atoms with Crippen LogP contribution in [-0.2, 0) is 32.3 Å². The van der Waals surface area contributed by atoms with Gasteiger partial charge in [0.2, 0.25) is 21.8 Å². The molecule has 12 heteroatoms. The first-order valence-corrected chi connectivity index (χ1v) is 13.5. The van der Waals surface area contributed by atoms with Gasteiger partial charge in [-0.1, -0.05) is 49.7 Å². The molecule has 2 rings (SSSR count). The molecule has 0 fully saturated rings. The Labute approximate surface area is 214 Å². The van der Waals surface area contributed by atoms with Gasteiger partial charge < -0.3 is 10.2 Å². The summed E-state index contributed by atoms with van der Waals surface area (Å²) >= 11 is 6.27. The molecule has 0 aliphatic carbocycles. The molecule has 1 N–H and O–H groups in total. The van der Waals surface area contributed by atoms with Gasteiger partial charge in [0, 0.05) is 18.1 Å². The van der Waals surface area contributed by atoms with Gasteiger partial charge in [-0.25, -0.2) is 8.42 Å². The van der Waals surface area contributed by atoms with Crippen molar-refractivity contribution < 1.29 is 31.2 Å². The number of carbonyl (C=O) groups is 2. The Morgan fingerprint density at radius 3 is 2.31 bits per heavy atom. The van der Waals surface area contributed by atoms with Crippen LogP contribution in [0.3, 0.4) is 0 Å². The molecular weight excluding hydrogens is 519 g/mol. The number of hydrogen-bond donors (Lipinski definition) is 1. The third-order valence-corrected chi connectivity index (χ3v) is 6.88. The normalized spacial score (nSPS) is 12.6. The van der Waals surface area contributed by atoms with Crippen LogP contribution in [-0.4, -0.2) is 50.5 Å². The number of amides is 2. The summed E-state index contributed by atoms with van der Waals surface area (Å²) in [6.07, 6.45) is -3.03. The van der Waals surface area contributed by atoms with Gasteiger partial charge in [-0.2, -0.15) is 13.2 Å². The second-order valence-electron chi connectivity index (χ2n) is 8.15. The van der Waals surface area contributed by atoms with E-state index in [0.29, 0.717) is 33.9 Å². The summed E-state index contributed by atoms with van der Waals surface area (Å²) in [4.78, 5) is 27.6. The van der Waals surface area contributed by atoms with E-state index in [1.165, 1.54) is 11.0 Å². The lowest BCUT2D eigenvalue weighted by Gasteiger charge is -2.33. The van der Waals surface area contributed by atoms with Gasteiger partial charge in [-0.15, -0.1) is 0 Å². The number of hydrogen-bond acceptors (Lipinski definition) is 4. The average Bonchev–Trinajstić information content (AvgIpc) is 2.80. The lowest BCUT2D eigenvalue weighted by molar-refractivity contribution is -0.140. The summed E-state index contributed by atoms with van der Waals surface area (Å²) in [5.74, 6) is -1.19. The number of nitrogens with zero attached hydrogens (tertiary/aromatic N) is 2. The summed E-state index contributed by atoms with van der Waals surface area (Å²) in [5.41, 5.74) is -0.847. The highest BCUT2D eigenvalue weighted by Gasteiger charge is 2.34. The minimum atomic E-state index is -4.70. The van der Waals surface area contributed by atoms with Crippen LogP contribution in [0.2, 0.25) is 5.02 Å². The van der Waals surface area contributed by atoms with Gasteiger partial charge in [0.05, 0.1) is 17.5 Å². The monoisotopic (exact) mass is 547 g/mol. The van der Waals surface area contributed by atoms with Crippen LogP contribution >= 0.6 is 11.6 Å². The van der Waals surface area contributed by atoms with Crippen molar-refractivity contribution in [2.24, 2.45) is 0 Å². The number of anilines is 1. The molecule has 2 aromatic carbocycles. The molecule has 0 saturated heterocycles. The molecule has 0 saturated carbocycles. The summed E-state index contributed by atoms with van der Waals surface area (Å²) in [7, 11) is -4.16. The minimum absolute atomic E-state index is 0.100. The van der Waals surface area contributed by atoms with Crippen LogP contribution < -0.4 is 9.62 Å². The number of carbonyl (C=O) groups excluding carboxylic acids is 2. The van der Waals surface area contributed by atoms with Gasteiger partial charge in [0.25, 0.3) is 0 Å². The van der Waals surface area contributed by atoms with Crippen LogP contribution in [0.25, 0.3) is 0 Å². The van der Waals surface area contributed by atoms with E-state index >= 15 is 0 Å². The predicted octanol–water partition coefficient (Wildman–Crippen LogP) is 4.46. The molecule has 0 bridgehead atoms. The second-order valence-corrected chi connectivity index (χ2v) is 10.5. The van der Waals surface area contributed by atoms with E-state index in [1.807, 2.05) is 6.92 Å². The van der Waals surface area contributed by atoms with Gasteiger partial charge in [0.15, 0.2) is 0 Å². The maximum absolute atomic E-state index is 13.5. The van der Waals surface area contributed by atoms with Gasteiger partial charge in [-0.05, 0) is 42.7 Å². The first-order valence-electron chi connectivity index (χ1n) is 11.2. The van der Waals surface area contributed by atoms with Crippen LogP contribution in [0.1, 0.15) is 37.8 Å². The smallest absolute Gasteiger partial charge is 0.354 e. The molecule has 36 heavy (non-hydrogen) atoms. The van der Waals surface area contributed by atoms with Crippen LogP contribution in [0.4, 0.5) is 18.9 Å². The fraction of sp³-hybridized carbons (Fsp3) is 0.417. The van der Waals surface area contributed by atoms with Gasteiger partial charge in [-0.3, -0.25) is 13.9 Å². The van der Waals surface area contributed by atoms with Crippen molar-refractivity contribution in [1.29, 1.82) is 0 Å². The molecule has 0 aromatic heterocycles. The number of sulfonamides is 1. The van der Waals surface area contributed by atoms with E-state index in [2.05, 4.69) is 5.32 Å². The molecule has 7 nitrogen and oxygen atoms in total. The number of nitrogens with one attached hydrogen (secondary N) is 1. The van der Waals surface area contributed by atoms with Crippen molar-refractivity contribution in [2.45, 2.75) is 45.5 Å². The third-order valence-electron chi connectivity index (χ3n) is 5.37. The highest BCUT2D eigenvalue weighted by atomic mass is 35.5. The Morgan fingerprint density at radius 1 is 1.08 bits per heavy atom. The van der Waals surface area contributed by atoms with Crippen molar-refractivity contribution in [1.82, 2.24) is 10.2 Å². The van der Waals surface area contributed by atoms with Crippen molar-refractivity contribution in [3.63, 3.8) is 0 Å². The molecule has 0 radical (unpaired) electrons. The minimum Gasteiger partial charge on any atom is -0.354 e. The number of benzene rings is 2. The lowest BCUT2D eigenvalue weighted by Crippen LogP contribution is -2.52. The number of halogens is 4. The molecule has 1 atom stereocenters. The highest BCUT2D eigenvalue weighted by Crippen LogP contribution is 2.32. The number of rotatable bonds is 11. The molecular formula is C24H29ClF3N3O4S. The lowest BCUT2D eigenvalue weighted by atomic mass is 10.1. The zero-order valence-electron chi connectivity index (χ0n) is 20.2. The molecule has 0 spiro atoms. The second kappa shape index (κ2) is 12.4. The van der Waals surface area contributed by atoms with E-state index in [0.717, 1.165) is 18.4 Å². The SMILES string of the molecule is CCCNC(=O)C(CC)N(Cc1ccccc1Cl)C(=O)CN(c1cccc(C(F)(F)F)c1)S(C)(=O)=O. The topological polar surface area (TPSA) is 86.8 Å². The highest BCUT2D eigenvalue weighted by molar-refractivity contribution is 7.92. The van der Waals surface area contributed by atoms with Crippen molar-refractivity contribution in [3.05, 3.63) is 64.7 Å². The van der Waals surface area contributed by atoms with Crippen LogP contribution in [0, 0.1) is 0 Å². The van der Waals surface area contributed by atoms with Crippen LogP contribution in [0.5, 0.6) is 0 Å². The molecule has 0 heterocycles. The van der Waals surface area contributed by atoms with E-state index in [-0.39, 0.29) is 18.7 Å². The zero-order valence-corrected chi connectivity index (χ0v) is 21.8. The molecule has 0 aliphatic rings. The third kappa shape index (κ3) is 7.86. The first kappa shape index (κ1) is 29.4. The Kier molecular flexibility index (Phi) is 10.2. The summed E-state index contributed by atoms with van der Waals surface area (Å²) in [6, 6.07) is 9.43. The van der Waals surface area contributed by atoms with E-state index in [9.17, 15) is 31.2 Å². The number of alkyl halides is 3. The largest absolute Gasteiger partial charge is 0.416 e. The standard InChI is InChI=1S/C24H29ClF3N3O4S/c1-4-13-29-23(33)21(5-2)30(15-17-9-6-7-12-20(17)25)22(32)16-31(36(3,34)35)19-11-8-10-18(14-19)24(26,27)28/h6-12,14,21H,4-5,13,15-16H2,1-3H3,(H,29,33). The van der Waals surface area contributed by atoms with Crippen molar-refractivity contribution in [3.8, 4) is 0 Å². The Bertz CT molecular complexity index is 1180. The summed E-state index contributed by atoms with van der Waals surface area (Å²) in [5, 5.41) is 3.08. The first-order chi connectivity index (χ1) is 16.8. The quantitative estimate of drug-likeness (QED) is 0.450.